The van der Waals surface area contributed by atoms with Crippen LogP contribution in [-0.4, -0.2) is 23.6 Å². The van der Waals surface area contributed by atoms with Crippen molar-refractivity contribution in [2.45, 2.75) is 66.0 Å². The number of hydrogen-bond donors (Lipinski definition) is 0. The van der Waals surface area contributed by atoms with Crippen molar-refractivity contribution in [3.63, 3.8) is 0 Å². The molecule has 16 heavy (non-hydrogen) atoms. The van der Waals surface area contributed by atoms with Gasteiger partial charge in [-0.05, 0) is 34.6 Å². The molecule has 0 N–H and O–H groups in total. The van der Waals surface area contributed by atoms with Gasteiger partial charge in [-0.2, -0.15) is 4.89 Å². The SMILES string of the molecule is CC(C)OC(=O)OC(C)(C)OOC(C)(C)C. The average molecular weight is 234 g/mol. The highest BCUT2D eigenvalue weighted by molar-refractivity contribution is 5.60. The van der Waals surface area contributed by atoms with Gasteiger partial charge in [0.2, 0.25) is 5.79 Å². The average Bonchev–Trinajstić information content (AvgIpc) is 1.96. The Morgan fingerprint density at radius 2 is 1.50 bits per heavy atom. The Labute approximate surface area is 96.9 Å². The Balaban J connectivity index is 4.09. The standard InChI is InChI=1S/C11H22O5/c1-8(2)13-9(12)14-11(6,7)16-15-10(3,4)5/h8H,1-7H3. The molecule has 0 aromatic carbocycles. The molecule has 0 fully saturated rings. The summed E-state index contributed by atoms with van der Waals surface area (Å²) in [5, 5.41) is 0. The van der Waals surface area contributed by atoms with E-state index in [-0.39, 0.29) is 6.10 Å². The third-order valence-corrected chi connectivity index (χ3v) is 1.15. The molecular weight excluding hydrogens is 212 g/mol. The fourth-order valence-corrected chi connectivity index (χ4v) is 0.660. The summed E-state index contributed by atoms with van der Waals surface area (Å²) in [5.74, 6) is -1.18. The monoisotopic (exact) mass is 234 g/mol. The first-order valence-corrected chi connectivity index (χ1v) is 5.28. The largest absolute Gasteiger partial charge is 0.511 e. The third kappa shape index (κ3) is 8.49. The molecule has 0 saturated carbocycles. The van der Waals surface area contributed by atoms with Crippen molar-refractivity contribution in [2.24, 2.45) is 0 Å². The number of carbonyl (C=O) groups excluding carboxylic acids is 1. The lowest BCUT2D eigenvalue weighted by Gasteiger charge is -2.27. The van der Waals surface area contributed by atoms with Crippen LogP contribution in [0.3, 0.4) is 0 Å². The molecule has 0 saturated heterocycles. The fraction of sp³-hybridized carbons (Fsp3) is 0.909. The Morgan fingerprint density at radius 1 is 1.00 bits per heavy atom. The van der Waals surface area contributed by atoms with Crippen LogP contribution >= 0.6 is 0 Å². The van der Waals surface area contributed by atoms with Crippen LogP contribution in [0.2, 0.25) is 0 Å². The summed E-state index contributed by atoms with van der Waals surface area (Å²) in [4.78, 5) is 21.3. The summed E-state index contributed by atoms with van der Waals surface area (Å²) in [6.07, 6.45) is -1.01. The molecule has 0 unspecified atom stereocenters. The second-order valence-electron chi connectivity index (χ2n) is 5.20. The van der Waals surface area contributed by atoms with Crippen LogP contribution in [0.4, 0.5) is 4.79 Å². The lowest BCUT2D eigenvalue weighted by Crippen LogP contribution is -2.35. The van der Waals surface area contributed by atoms with Crippen LogP contribution < -0.4 is 0 Å². The Morgan fingerprint density at radius 3 is 1.88 bits per heavy atom. The zero-order chi connectivity index (χ0) is 13.0. The summed E-state index contributed by atoms with van der Waals surface area (Å²) < 4.78 is 9.76. The van der Waals surface area contributed by atoms with Gasteiger partial charge in [0.25, 0.3) is 0 Å². The smallest absolute Gasteiger partial charge is 0.432 e. The minimum atomic E-state index is -1.18. The molecule has 5 heteroatoms. The summed E-state index contributed by atoms with van der Waals surface area (Å²) in [6.45, 7) is 12.1. The summed E-state index contributed by atoms with van der Waals surface area (Å²) in [6, 6.07) is 0. The van der Waals surface area contributed by atoms with Gasteiger partial charge in [-0.25, -0.2) is 9.68 Å². The molecule has 0 aliphatic rings. The lowest BCUT2D eigenvalue weighted by molar-refractivity contribution is -0.441. The van der Waals surface area contributed by atoms with Crippen LogP contribution in [0.25, 0.3) is 0 Å². The number of rotatable bonds is 4. The molecule has 0 rings (SSSR count). The molecule has 0 spiro atoms. The van der Waals surface area contributed by atoms with E-state index < -0.39 is 17.5 Å². The van der Waals surface area contributed by atoms with Gasteiger partial charge in [0.05, 0.1) is 11.7 Å². The summed E-state index contributed by atoms with van der Waals surface area (Å²) in [7, 11) is 0. The van der Waals surface area contributed by atoms with E-state index in [0.29, 0.717) is 0 Å². The van der Waals surface area contributed by atoms with Crippen molar-refractivity contribution >= 4 is 6.16 Å². The Bertz CT molecular complexity index is 227. The van der Waals surface area contributed by atoms with Gasteiger partial charge < -0.3 is 9.47 Å². The van der Waals surface area contributed by atoms with E-state index in [4.69, 9.17) is 19.2 Å². The highest BCUT2D eigenvalue weighted by Gasteiger charge is 2.29. The molecule has 0 amide bonds. The second-order valence-corrected chi connectivity index (χ2v) is 5.20. The molecule has 0 aromatic heterocycles. The molecule has 0 radical (unpaired) electrons. The second kappa shape index (κ2) is 5.50. The maximum absolute atomic E-state index is 11.2. The van der Waals surface area contributed by atoms with Crippen LogP contribution in [0.15, 0.2) is 0 Å². The van der Waals surface area contributed by atoms with Gasteiger partial charge >= 0.3 is 6.16 Å². The topological polar surface area (TPSA) is 54.0 Å². The van der Waals surface area contributed by atoms with Gasteiger partial charge in [-0.1, -0.05) is 0 Å². The molecule has 96 valence electrons. The van der Waals surface area contributed by atoms with Gasteiger partial charge in [0.15, 0.2) is 0 Å². The van der Waals surface area contributed by atoms with Crippen LogP contribution in [0.5, 0.6) is 0 Å². The van der Waals surface area contributed by atoms with Crippen LogP contribution in [-0.2, 0) is 19.2 Å². The molecule has 0 atom stereocenters. The molecule has 0 bridgehead atoms. The van der Waals surface area contributed by atoms with Crippen molar-refractivity contribution in [1.29, 1.82) is 0 Å². The van der Waals surface area contributed by atoms with E-state index >= 15 is 0 Å². The highest BCUT2D eigenvalue weighted by Crippen LogP contribution is 2.18. The molecule has 0 aliphatic heterocycles. The molecular formula is C11H22O5. The number of ether oxygens (including phenoxy) is 2. The molecule has 0 aliphatic carbocycles. The Kier molecular flexibility index (Phi) is 5.22. The van der Waals surface area contributed by atoms with Crippen LogP contribution in [0.1, 0.15) is 48.5 Å². The molecule has 0 heterocycles. The maximum Gasteiger partial charge on any atom is 0.511 e. The predicted octanol–water partition coefficient (Wildman–Crippen LogP) is 3.03. The number of carbonyl (C=O) groups is 1. The predicted molar refractivity (Wildman–Crippen MR) is 58.7 cm³/mol. The van der Waals surface area contributed by atoms with E-state index in [9.17, 15) is 4.79 Å². The van der Waals surface area contributed by atoms with Gasteiger partial charge in [0, 0.05) is 13.8 Å². The van der Waals surface area contributed by atoms with E-state index in [1.165, 1.54) is 0 Å². The first kappa shape index (κ1) is 15.2. The highest BCUT2D eigenvalue weighted by atomic mass is 17.2. The van der Waals surface area contributed by atoms with E-state index in [2.05, 4.69) is 0 Å². The van der Waals surface area contributed by atoms with E-state index in [1.54, 1.807) is 27.7 Å². The van der Waals surface area contributed by atoms with Gasteiger partial charge in [-0.15, -0.1) is 0 Å². The molecule has 0 aromatic rings. The van der Waals surface area contributed by atoms with E-state index in [0.717, 1.165) is 0 Å². The minimum Gasteiger partial charge on any atom is -0.432 e. The van der Waals surface area contributed by atoms with Gasteiger partial charge in [0.1, 0.15) is 0 Å². The lowest BCUT2D eigenvalue weighted by atomic mass is 10.2. The minimum absolute atomic E-state index is 0.230. The van der Waals surface area contributed by atoms with E-state index in [1.807, 2.05) is 20.8 Å². The zero-order valence-corrected chi connectivity index (χ0v) is 11.1. The quantitative estimate of drug-likeness (QED) is 0.324. The zero-order valence-electron chi connectivity index (χ0n) is 11.1. The molecule has 5 nitrogen and oxygen atoms in total. The van der Waals surface area contributed by atoms with Crippen molar-refractivity contribution in [3.8, 4) is 0 Å². The normalized spacial score (nSPS) is 12.8. The number of hydrogen-bond acceptors (Lipinski definition) is 5. The fourth-order valence-electron chi connectivity index (χ4n) is 0.660. The Hall–Kier alpha value is -0.810. The van der Waals surface area contributed by atoms with Crippen molar-refractivity contribution in [2.75, 3.05) is 0 Å². The first-order valence-electron chi connectivity index (χ1n) is 5.28. The third-order valence-electron chi connectivity index (χ3n) is 1.15. The summed E-state index contributed by atoms with van der Waals surface area (Å²) in [5.41, 5.74) is -0.470. The van der Waals surface area contributed by atoms with Gasteiger partial charge in [-0.3, -0.25) is 0 Å². The summed E-state index contributed by atoms with van der Waals surface area (Å²) >= 11 is 0. The maximum atomic E-state index is 11.2. The van der Waals surface area contributed by atoms with Crippen LogP contribution in [0, 0.1) is 0 Å². The first-order chi connectivity index (χ1) is 7.02. The van der Waals surface area contributed by atoms with Crippen molar-refractivity contribution in [3.05, 3.63) is 0 Å². The van der Waals surface area contributed by atoms with Crippen molar-refractivity contribution in [1.82, 2.24) is 0 Å². The van der Waals surface area contributed by atoms with Crippen molar-refractivity contribution < 1.29 is 24.0 Å².